The van der Waals surface area contributed by atoms with Gasteiger partial charge in [0.05, 0.1) is 16.5 Å². The molecule has 16 rings (SSSR count). The van der Waals surface area contributed by atoms with Gasteiger partial charge in [-0.3, -0.25) is 0 Å². The lowest BCUT2D eigenvalue weighted by atomic mass is 9.66. The van der Waals surface area contributed by atoms with Crippen LogP contribution < -0.4 is 9.64 Å². The summed E-state index contributed by atoms with van der Waals surface area (Å²) in [6, 6.07) is 91.6. The van der Waals surface area contributed by atoms with Crippen molar-refractivity contribution < 1.29 is 9.15 Å². The number of anilines is 3. The molecule has 2 aromatic heterocycles. The maximum absolute atomic E-state index is 6.70. The molecule has 336 valence electrons. The Morgan fingerprint density at radius 1 is 0.333 bits per heavy atom. The van der Waals surface area contributed by atoms with Gasteiger partial charge in [0.1, 0.15) is 22.7 Å². The first-order valence-corrected chi connectivity index (χ1v) is 25.5. The van der Waals surface area contributed by atoms with Gasteiger partial charge in [-0.05, 0) is 122 Å². The molecule has 4 heteroatoms. The van der Waals surface area contributed by atoms with Crippen LogP contribution in [0.25, 0.3) is 64.4 Å². The Labute approximate surface area is 420 Å². The molecule has 1 spiro atoms. The normalized spacial score (nSPS) is 14.2. The summed E-state index contributed by atoms with van der Waals surface area (Å²) in [5, 5.41) is 4.67. The second-order valence-corrected chi connectivity index (χ2v) is 20.5. The lowest BCUT2D eigenvalue weighted by molar-refractivity contribution is 0.436. The van der Waals surface area contributed by atoms with Crippen LogP contribution in [-0.2, 0) is 10.8 Å². The van der Waals surface area contributed by atoms with E-state index in [-0.39, 0.29) is 0 Å². The number of hydrogen-bond acceptors (Lipinski definition) is 4. The molecule has 0 bridgehead atoms. The lowest BCUT2D eigenvalue weighted by Gasteiger charge is -2.39. The van der Waals surface area contributed by atoms with Crippen LogP contribution in [0.3, 0.4) is 0 Å². The summed E-state index contributed by atoms with van der Waals surface area (Å²) in [5.41, 5.74) is 18.8. The number of nitrogens with zero attached hydrogens (tertiary/aromatic N) is 1. The molecule has 72 heavy (non-hydrogen) atoms. The lowest BCUT2D eigenvalue weighted by Crippen LogP contribution is -2.32. The van der Waals surface area contributed by atoms with Crippen LogP contribution in [0, 0.1) is 0 Å². The molecule has 3 heterocycles. The van der Waals surface area contributed by atoms with E-state index >= 15 is 0 Å². The molecule has 0 N–H and O–H groups in total. The molecular formula is C68H41NO2S. The summed E-state index contributed by atoms with van der Waals surface area (Å²) in [5.74, 6) is 1.80. The Morgan fingerprint density at radius 2 is 0.889 bits per heavy atom. The van der Waals surface area contributed by atoms with Gasteiger partial charge < -0.3 is 14.1 Å². The smallest absolute Gasteiger partial charge is 0.137 e. The highest BCUT2D eigenvalue weighted by Gasteiger charge is 2.51. The SMILES string of the molecule is c1ccc(C2(c3ccccc3)c3ccccc3-c3ccc(N(c4ccc5c(c4)oc4ccccc45)c4cccc5sc6cc7c(cc6c45)-c4ccccc4C74c5ccccc5Oc5ccccc54)cc32)cc1. The first-order valence-electron chi connectivity index (χ1n) is 24.7. The molecule has 2 aliphatic carbocycles. The summed E-state index contributed by atoms with van der Waals surface area (Å²) in [4.78, 5) is 2.48. The van der Waals surface area contributed by atoms with E-state index in [0.717, 1.165) is 50.5 Å². The highest BCUT2D eigenvalue weighted by molar-refractivity contribution is 7.26. The third kappa shape index (κ3) is 5.18. The number of thiophene rings is 1. The standard InChI is InChI=1S/C68H41NO2S/c1-3-18-42(19-4-1)67(43-20-5-2-6-21-43)53-25-10-7-22-46(53)48-36-34-44(38-57(48)67)69(45-35-37-50-49-24-9-14-30-60(49)70-63(50)39-45)59-29-17-33-64-66(59)52-40-51-47-23-8-11-26-54(47)68(58(51)41-65(52)72-64)55-27-12-15-31-61(55)71-62-32-16-13-28-56(62)68/h1-41H. The van der Waals surface area contributed by atoms with Crippen LogP contribution in [0.1, 0.15) is 44.5 Å². The van der Waals surface area contributed by atoms with Crippen LogP contribution in [0.15, 0.2) is 253 Å². The van der Waals surface area contributed by atoms with E-state index in [2.05, 4.69) is 248 Å². The molecular weight excluding hydrogens is 895 g/mol. The van der Waals surface area contributed by atoms with E-state index in [1.165, 1.54) is 86.9 Å². The van der Waals surface area contributed by atoms with Gasteiger partial charge in [0.2, 0.25) is 0 Å². The van der Waals surface area contributed by atoms with E-state index in [9.17, 15) is 0 Å². The predicted octanol–water partition coefficient (Wildman–Crippen LogP) is 18.3. The van der Waals surface area contributed by atoms with E-state index in [4.69, 9.17) is 9.15 Å². The predicted molar refractivity (Wildman–Crippen MR) is 296 cm³/mol. The molecule has 0 fully saturated rings. The van der Waals surface area contributed by atoms with Gasteiger partial charge in [-0.15, -0.1) is 11.3 Å². The van der Waals surface area contributed by atoms with Crippen molar-refractivity contribution in [2.24, 2.45) is 0 Å². The summed E-state index contributed by atoms with van der Waals surface area (Å²) >= 11 is 1.87. The van der Waals surface area contributed by atoms with Crippen molar-refractivity contribution in [2.45, 2.75) is 10.8 Å². The molecule has 3 aliphatic rings. The average molecular weight is 936 g/mol. The number of ether oxygens (including phenoxy) is 1. The Bertz CT molecular complexity index is 4310. The van der Waals surface area contributed by atoms with Crippen LogP contribution in [0.2, 0.25) is 0 Å². The van der Waals surface area contributed by atoms with E-state index in [1.54, 1.807) is 0 Å². The number of benzene rings is 11. The van der Waals surface area contributed by atoms with Crippen molar-refractivity contribution in [3.05, 3.63) is 293 Å². The monoisotopic (exact) mass is 935 g/mol. The maximum atomic E-state index is 6.70. The summed E-state index contributed by atoms with van der Waals surface area (Å²) in [6.45, 7) is 0. The minimum absolute atomic E-state index is 0.551. The van der Waals surface area contributed by atoms with E-state index in [1.807, 2.05) is 17.4 Å². The Balaban J connectivity index is 0.982. The second kappa shape index (κ2) is 14.8. The van der Waals surface area contributed by atoms with Gasteiger partial charge in [-0.1, -0.05) is 176 Å². The third-order valence-corrected chi connectivity index (χ3v) is 17.1. The fourth-order valence-corrected chi connectivity index (χ4v) is 14.3. The van der Waals surface area contributed by atoms with Crippen LogP contribution >= 0.6 is 11.3 Å². The molecule has 0 amide bonds. The molecule has 0 saturated carbocycles. The van der Waals surface area contributed by atoms with E-state index in [0.29, 0.717) is 0 Å². The highest BCUT2D eigenvalue weighted by atomic mass is 32.1. The number of hydrogen-bond donors (Lipinski definition) is 0. The van der Waals surface area contributed by atoms with Gasteiger partial charge in [-0.25, -0.2) is 0 Å². The fourth-order valence-electron chi connectivity index (χ4n) is 13.2. The van der Waals surface area contributed by atoms with Gasteiger partial charge >= 0.3 is 0 Å². The minimum Gasteiger partial charge on any atom is -0.457 e. The number of rotatable bonds is 5. The molecule has 0 radical (unpaired) electrons. The highest BCUT2D eigenvalue weighted by Crippen LogP contribution is 2.64. The molecule has 0 atom stereocenters. The molecule has 0 unspecified atom stereocenters. The van der Waals surface area contributed by atoms with Crippen molar-refractivity contribution in [2.75, 3.05) is 4.90 Å². The molecule has 1 aliphatic heterocycles. The van der Waals surface area contributed by atoms with Crippen molar-refractivity contribution in [3.8, 4) is 33.8 Å². The largest absolute Gasteiger partial charge is 0.457 e. The fraction of sp³-hybridized carbons (Fsp3) is 0.0294. The van der Waals surface area contributed by atoms with Gasteiger partial charge in [0.15, 0.2) is 0 Å². The van der Waals surface area contributed by atoms with Crippen LogP contribution in [-0.4, -0.2) is 0 Å². The average Bonchev–Trinajstić information content (AvgIpc) is 4.17. The first-order chi connectivity index (χ1) is 35.7. The number of para-hydroxylation sites is 3. The maximum Gasteiger partial charge on any atom is 0.137 e. The Kier molecular flexibility index (Phi) is 8.18. The minimum atomic E-state index is -0.564. The second-order valence-electron chi connectivity index (χ2n) is 19.4. The van der Waals surface area contributed by atoms with Crippen molar-refractivity contribution in [1.82, 2.24) is 0 Å². The zero-order chi connectivity index (χ0) is 47.1. The van der Waals surface area contributed by atoms with Crippen molar-refractivity contribution in [3.63, 3.8) is 0 Å². The van der Waals surface area contributed by atoms with Gasteiger partial charge in [0.25, 0.3) is 0 Å². The summed E-state index contributed by atoms with van der Waals surface area (Å²) < 4.78 is 15.9. The molecule has 0 saturated heterocycles. The quantitative estimate of drug-likeness (QED) is 0.172. The van der Waals surface area contributed by atoms with Gasteiger partial charge in [0, 0.05) is 59.5 Å². The van der Waals surface area contributed by atoms with E-state index < -0.39 is 10.8 Å². The summed E-state index contributed by atoms with van der Waals surface area (Å²) in [6.07, 6.45) is 0. The van der Waals surface area contributed by atoms with Crippen LogP contribution in [0.5, 0.6) is 11.5 Å². The molecule has 11 aromatic carbocycles. The Morgan fingerprint density at radius 3 is 1.62 bits per heavy atom. The zero-order valence-electron chi connectivity index (χ0n) is 38.8. The topological polar surface area (TPSA) is 25.6 Å². The first kappa shape index (κ1) is 39.8. The third-order valence-electron chi connectivity index (χ3n) is 16.0. The van der Waals surface area contributed by atoms with Crippen molar-refractivity contribution >= 4 is 70.5 Å². The number of fused-ring (bicyclic) bond motifs is 18. The summed E-state index contributed by atoms with van der Waals surface area (Å²) in [7, 11) is 0. The molecule has 3 nitrogen and oxygen atoms in total. The Hall–Kier alpha value is -8.96. The van der Waals surface area contributed by atoms with Crippen LogP contribution in [0.4, 0.5) is 17.1 Å². The number of furan rings is 1. The molecule has 13 aromatic rings. The van der Waals surface area contributed by atoms with Gasteiger partial charge in [-0.2, -0.15) is 0 Å². The van der Waals surface area contributed by atoms with Crippen molar-refractivity contribution in [1.29, 1.82) is 0 Å². The zero-order valence-corrected chi connectivity index (χ0v) is 39.7.